The minimum Gasteiger partial charge on any atom is -0.494 e. The summed E-state index contributed by atoms with van der Waals surface area (Å²) in [6.07, 6.45) is 5.22. The number of ether oxygens (including phenoxy) is 2. The van der Waals surface area contributed by atoms with Crippen molar-refractivity contribution in [2.75, 3.05) is 68.9 Å². The number of nitrogens with zero attached hydrogens (tertiary/aromatic N) is 5. The Hall–Kier alpha value is -2.87. The molecule has 2 fully saturated rings. The predicted octanol–water partition coefficient (Wildman–Crippen LogP) is 2.84. The summed E-state index contributed by atoms with van der Waals surface area (Å²) >= 11 is 0. The first-order valence-electron chi connectivity index (χ1n) is 11.7. The number of rotatable bonds is 8. The van der Waals surface area contributed by atoms with Crippen LogP contribution >= 0.6 is 0 Å². The van der Waals surface area contributed by atoms with Crippen molar-refractivity contribution in [1.29, 1.82) is 0 Å². The van der Waals surface area contributed by atoms with E-state index in [2.05, 4.69) is 33.0 Å². The molecule has 2 aromatic rings. The van der Waals surface area contributed by atoms with Crippen LogP contribution in [0.15, 0.2) is 36.5 Å². The second-order valence-electron chi connectivity index (χ2n) is 8.23. The van der Waals surface area contributed by atoms with E-state index in [0.29, 0.717) is 18.7 Å². The molecule has 2 saturated heterocycles. The fourth-order valence-corrected chi connectivity index (χ4v) is 4.05. The molecule has 4 rings (SSSR count). The summed E-state index contributed by atoms with van der Waals surface area (Å²) in [5.74, 6) is 1.75. The number of unbranched alkanes of at least 4 members (excludes halogenated alkanes) is 2. The van der Waals surface area contributed by atoms with Gasteiger partial charge in [-0.25, -0.2) is 0 Å². The highest BCUT2D eigenvalue weighted by Crippen LogP contribution is 2.22. The molecule has 1 aromatic carbocycles. The van der Waals surface area contributed by atoms with Gasteiger partial charge in [-0.2, -0.15) is 5.10 Å². The standard InChI is InChI=1S/C24H33N5O3/c1-2-3-4-15-32-22-7-5-20(6-8-22)24(30)29-11-9-28(10-12-29)23-18-21(19-25-26-23)27-13-16-31-17-14-27/h5-8,18-19H,2-4,9-17H2,1H3. The van der Waals surface area contributed by atoms with Crippen LogP contribution < -0.4 is 14.5 Å². The van der Waals surface area contributed by atoms with Crippen molar-refractivity contribution in [2.45, 2.75) is 26.2 Å². The Bertz CT molecular complexity index is 862. The normalized spacial score (nSPS) is 16.8. The Morgan fingerprint density at radius 1 is 1.00 bits per heavy atom. The summed E-state index contributed by atoms with van der Waals surface area (Å²) in [5.41, 5.74) is 1.78. The van der Waals surface area contributed by atoms with Gasteiger partial charge in [0.2, 0.25) is 0 Å². The third kappa shape index (κ3) is 5.68. The van der Waals surface area contributed by atoms with Gasteiger partial charge in [0, 0.05) is 50.9 Å². The number of piperazine rings is 1. The summed E-state index contributed by atoms with van der Waals surface area (Å²) in [5, 5.41) is 8.54. The molecule has 2 aliphatic heterocycles. The average Bonchev–Trinajstić information content (AvgIpc) is 2.87. The Labute approximate surface area is 190 Å². The smallest absolute Gasteiger partial charge is 0.253 e. The Morgan fingerprint density at radius 2 is 1.75 bits per heavy atom. The largest absolute Gasteiger partial charge is 0.494 e. The minimum absolute atomic E-state index is 0.0651. The van der Waals surface area contributed by atoms with E-state index in [4.69, 9.17) is 9.47 Å². The molecular weight excluding hydrogens is 406 g/mol. The number of anilines is 2. The zero-order valence-corrected chi connectivity index (χ0v) is 18.9. The highest BCUT2D eigenvalue weighted by Gasteiger charge is 2.24. The fraction of sp³-hybridized carbons (Fsp3) is 0.542. The first-order valence-corrected chi connectivity index (χ1v) is 11.7. The quantitative estimate of drug-likeness (QED) is 0.586. The van der Waals surface area contributed by atoms with E-state index in [1.807, 2.05) is 35.4 Å². The number of carbonyl (C=O) groups excluding carboxylic acids is 1. The van der Waals surface area contributed by atoms with Crippen molar-refractivity contribution < 1.29 is 14.3 Å². The first-order chi connectivity index (χ1) is 15.7. The summed E-state index contributed by atoms with van der Waals surface area (Å²) < 4.78 is 11.2. The molecule has 8 heteroatoms. The van der Waals surface area contributed by atoms with Crippen LogP contribution in [0.3, 0.4) is 0 Å². The molecule has 1 aromatic heterocycles. The highest BCUT2D eigenvalue weighted by atomic mass is 16.5. The summed E-state index contributed by atoms with van der Waals surface area (Å²) in [7, 11) is 0. The fourth-order valence-electron chi connectivity index (χ4n) is 4.05. The molecule has 172 valence electrons. The van der Waals surface area contributed by atoms with Crippen LogP contribution in [0.2, 0.25) is 0 Å². The number of morpholine rings is 1. The summed E-state index contributed by atoms with van der Waals surface area (Å²) in [4.78, 5) is 19.3. The van der Waals surface area contributed by atoms with Crippen LogP contribution in [0, 0.1) is 0 Å². The number of benzene rings is 1. The second-order valence-corrected chi connectivity index (χ2v) is 8.23. The van der Waals surface area contributed by atoms with Gasteiger partial charge in [-0.15, -0.1) is 5.10 Å². The molecule has 3 heterocycles. The number of carbonyl (C=O) groups is 1. The predicted molar refractivity (Wildman–Crippen MR) is 125 cm³/mol. The lowest BCUT2D eigenvalue weighted by atomic mass is 10.1. The maximum absolute atomic E-state index is 12.9. The third-order valence-electron chi connectivity index (χ3n) is 6.01. The maximum atomic E-state index is 12.9. The van der Waals surface area contributed by atoms with Crippen molar-refractivity contribution in [2.24, 2.45) is 0 Å². The van der Waals surface area contributed by atoms with E-state index >= 15 is 0 Å². The zero-order chi connectivity index (χ0) is 22.2. The molecule has 32 heavy (non-hydrogen) atoms. The molecule has 8 nitrogen and oxygen atoms in total. The third-order valence-corrected chi connectivity index (χ3v) is 6.01. The van der Waals surface area contributed by atoms with Crippen molar-refractivity contribution in [3.8, 4) is 5.75 Å². The van der Waals surface area contributed by atoms with Gasteiger partial charge in [-0.1, -0.05) is 19.8 Å². The van der Waals surface area contributed by atoms with Gasteiger partial charge in [0.15, 0.2) is 5.82 Å². The van der Waals surface area contributed by atoms with Crippen LogP contribution in [0.1, 0.15) is 36.5 Å². The lowest BCUT2D eigenvalue weighted by molar-refractivity contribution is 0.0746. The first kappa shape index (κ1) is 22.3. The molecule has 0 unspecified atom stereocenters. The molecule has 0 spiro atoms. The van der Waals surface area contributed by atoms with Crippen molar-refractivity contribution >= 4 is 17.4 Å². The van der Waals surface area contributed by atoms with Crippen molar-refractivity contribution in [1.82, 2.24) is 15.1 Å². The molecule has 2 aliphatic rings. The highest BCUT2D eigenvalue weighted by molar-refractivity contribution is 5.94. The molecule has 1 amide bonds. The topological polar surface area (TPSA) is 71.0 Å². The molecule has 0 bridgehead atoms. The van der Waals surface area contributed by atoms with Gasteiger partial charge in [0.1, 0.15) is 5.75 Å². The van der Waals surface area contributed by atoms with Crippen LogP contribution in [0.5, 0.6) is 5.75 Å². The van der Waals surface area contributed by atoms with Gasteiger partial charge < -0.3 is 24.2 Å². The zero-order valence-electron chi connectivity index (χ0n) is 18.9. The van der Waals surface area contributed by atoms with E-state index in [1.54, 1.807) is 0 Å². The SMILES string of the molecule is CCCCCOc1ccc(C(=O)N2CCN(c3cc(N4CCOCC4)cnn3)CC2)cc1. The van der Waals surface area contributed by atoms with Gasteiger partial charge in [-0.05, 0) is 30.7 Å². The Morgan fingerprint density at radius 3 is 2.47 bits per heavy atom. The lowest BCUT2D eigenvalue weighted by Gasteiger charge is -2.36. The lowest BCUT2D eigenvalue weighted by Crippen LogP contribution is -2.49. The van der Waals surface area contributed by atoms with Crippen LogP contribution in [0.4, 0.5) is 11.5 Å². The van der Waals surface area contributed by atoms with Crippen LogP contribution in [-0.2, 0) is 4.74 Å². The van der Waals surface area contributed by atoms with Crippen molar-refractivity contribution in [3.05, 3.63) is 42.1 Å². The minimum atomic E-state index is 0.0651. The van der Waals surface area contributed by atoms with E-state index in [1.165, 1.54) is 12.8 Å². The Balaban J connectivity index is 1.29. The van der Waals surface area contributed by atoms with Crippen LogP contribution in [0.25, 0.3) is 0 Å². The number of hydrogen-bond acceptors (Lipinski definition) is 7. The van der Waals surface area contributed by atoms with E-state index < -0.39 is 0 Å². The van der Waals surface area contributed by atoms with E-state index in [-0.39, 0.29) is 5.91 Å². The van der Waals surface area contributed by atoms with E-state index in [9.17, 15) is 4.79 Å². The molecular formula is C24H33N5O3. The molecule has 0 atom stereocenters. The Kier molecular flexibility index (Phi) is 7.77. The average molecular weight is 440 g/mol. The number of aromatic nitrogens is 2. The number of amides is 1. The summed E-state index contributed by atoms with van der Waals surface area (Å²) in [6.45, 7) is 8.93. The second kappa shape index (κ2) is 11.1. The van der Waals surface area contributed by atoms with Gasteiger partial charge in [-0.3, -0.25) is 4.79 Å². The van der Waals surface area contributed by atoms with Gasteiger partial charge >= 0.3 is 0 Å². The molecule has 0 N–H and O–H groups in total. The monoisotopic (exact) mass is 439 g/mol. The van der Waals surface area contributed by atoms with Gasteiger partial charge in [0.05, 0.1) is 31.7 Å². The molecule has 0 radical (unpaired) electrons. The van der Waals surface area contributed by atoms with Crippen molar-refractivity contribution in [3.63, 3.8) is 0 Å². The number of hydrogen-bond donors (Lipinski definition) is 0. The molecule has 0 saturated carbocycles. The molecule has 0 aliphatic carbocycles. The maximum Gasteiger partial charge on any atom is 0.253 e. The van der Waals surface area contributed by atoms with E-state index in [0.717, 1.165) is 69.7 Å². The van der Waals surface area contributed by atoms with Crippen LogP contribution in [-0.4, -0.2) is 80.1 Å². The summed E-state index contributed by atoms with van der Waals surface area (Å²) in [6, 6.07) is 9.60. The van der Waals surface area contributed by atoms with Gasteiger partial charge in [0.25, 0.3) is 5.91 Å².